The number of benzene rings is 2. The minimum absolute atomic E-state index is 0.107. The molecule has 2 aliphatic rings. The SMILES string of the molecule is COc1ccc(S(=O)(=O)N2CCN(C(=O)c3ccc(N4CCOC4=O)cc3)CC2)cc1OC. The second-order valence-corrected chi connectivity index (χ2v) is 9.46. The van der Waals surface area contributed by atoms with Crippen molar-refractivity contribution in [3.8, 4) is 11.5 Å². The van der Waals surface area contributed by atoms with Gasteiger partial charge in [-0.25, -0.2) is 13.2 Å². The van der Waals surface area contributed by atoms with Crippen LogP contribution in [0.5, 0.6) is 11.5 Å². The Labute approximate surface area is 192 Å². The van der Waals surface area contributed by atoms with Crippen molar-refractivity contribution in [3.05, 3.63) is 48.0 Å². The van der Waals surface area contributed by atoms with Gasteiger partial charge in [0.25, 0.3) is 5.91 Å². The number of nitrogens with zero attached hydrogens (tertiary/aromatic N) is 3. The van der Waals surface area contributed by atoms with Crippen LogP contribution in [0.2, 0.25) is 0 Å². The van der Waals surface area contributed by atoms with Crippen LogP contribution in [-0.2, 0) is 14.8 Å². The van der Waals surface area contributed by atoms with E-state index in [9.17, 15) is 18.0 Å². The van der Waals surface area contributed by atoms with E-state index in [1.54, 1.807) is 35.2 Å². The van der Waals surface area contributed by atoms with Crippen LogP contribution in [0.25, 0.3) is 0 Å². The van der Waals surface area contributed by atoms with E-state index >= 15 is 0 Å². The van der Waals surface area contributed by atoms with Crippen LogP contribution in [0.4, 0.5) is 10.5 Å². The average Bonchev–Trinajstić information content (AvgIpc) is 3.29. The van der Waals surface area contributed by atoms with Gasteiger partial charge in [-0.05, 0) is 36.4 Å². The zero-order chi connectivity index (χ0) is 23.6. The molecule has 2 aliphatic heterocycles. The summed E-state index contributed by atoms with van der Waals surface area (Å²) in [6.45, 7) is 1.72. The second-order valence-electron chi connectivity index (χ2n) is 7.53. The summed E-state index contributed by atoms with van der Waals surface area (Å²) in [4.78, 5) is 27.8. The number of rotatable bonds is 6. The predicted octanol–water partition coefficient (Wildman–Crippen LogP) is 1.81. The Bertz CT molecular complexity index is 1140. The Hall–Kier alpha value is -3.31. The molecule has 2 amide bonds. The number of cyclic esters (lactones) is 1. The lowest BCUT2D eigenvalue weighted by Crippen LogP contribution is -2.50. The van der Waals surface area contributed by atoms with Gasteiger partial charge in [-0.1, -0.05) is 0 Å². The number of amides is 2. The molecule has 176 valence electrons. The van der Waals surface area contributed by atoms with Crippen molar-refractivity contribution >= 4 is 27.7 Å². The highest BCUT2D eigenvalue weighted by atomic mass is 32.2. The molecule has 0 N–H and O–H groups in total. The second kappa shape index (κ2) is 9.28. The smallest absolute Gasteiger partial charge is 0.414 e. The Morgan fingerprint density at radius 3 is 2.15 bits per heavy atom. The number of sulfonamides is 1. The van der Waals surface area contributed by atoms with Gasteiger partial charge in [0.2, 0.25) is 10.0 Å². The standard InChI is InChI=1S/C22H25N3O7S/c1-30-19-8-7-18(15-20(19)31-2)33(28,29)24-11-9-23(10-12-24)21(26)16-3-5-17(6-4-16)25-13-14-32-22(25)27/h3-8,15H,9-14H2,1-2H3. The molecule has 0 radical (unpaired) electrons. The van der Waals surface area contributed by atoms with Gasteiger partial charge in [-0.2, -0.15) is 4.31 Å². The number of hydrogen-bond donors (Lipinski definition) is 0. The first-order chi connectivity index (χ1) is 15.8. The fraction of sp³-hybridized carbons (Fsp3) is 0.364. The Morgan fingerprint density at radius 2 is 1.58 bits per heavy atom. The van der Waals surface area contributed by atoms with E-state index < -0.39 is 16.1 Å². The fourth-order valence-electron chi connectivity index (χ4n) is 3.85. The lowest BCUT2D eigenvalue weighted by Gasteiger charge is -2.34. The van der Waals surface area contributed by atoms with Crippen LogP contribution in [0.15, 0.2) is 47.4 Å². The van der Waals surface area contributed by atoms with Crippen LogP contribution in [0, 0.1) is 0 Å². The quantitative estimate of drug-likeness (QED) is 0.627. The van der Waals surface area contributed by atoms with E-state index in [2.05, 4.69) is 0 Å². The van der Waals surface area contributed by atoms with Crippen LogP contribution in [-0.4, -0.2) is 83.2 Å². The summed E-state index contributed by atoms with van der Waals surface area (Å²) in [5.41, 5.74) is 1.14. The van der Waals surface area contributed by atoms with Crippen molar-refractivity contribution < 1.29 is 32.2 Å². The van der Waals surface area contributed by atoms with E-state index in [0.29, 0.717) is 35.9 Å². The number of methoxy groups -OCH3 is 2. The zero-order valence-electron chi connectivity index (χ0n) is 18.4. The van der Waals surface area contributed by atoms with E-state index in [-0.39, 0.29) is 37.0 Å². The van der Waals surface area contributed by atoms with Crippen molar-refractivity contribution in [1.82, 2.24) is 9.21 Å². The van der Waals surface area contributed by atoms with Gasteiger partial charge < -0.3 is 19.1 Å². The summed E-state index contributed by atoms with van der Waals surface area (Å²) in [5, 5.41) is 0. The Morgan fingerprint density at radius 1 is 0.909 bits per heavy atom. The van der Waals surface area contributed by atoms with Gasteiger partial charge in [0, 0.05) is 43.5 Å². The van der Waals surface area contributed by atoms with Crippen LogP contribution < -0.4 is 14.4 Å². The molecule has 33 heavy (non-hydrogen) atoms. The molecule has 2 fully saturated rings. The largest absolute Gasteiger partial charge is 0.493 e. The van der Waals surface area contributed by atoms with E-state index in [1.807, 2.05) is 0 Å². The normalized spacial score (nSPS) is 17.1. The third kappa shape index (κ3) is 4.46. The minimum atomic E-state index is -3.74. The number of ether oxygens (including phenoxy) is 3. The number of carbonyl (C=O) groups is 2. The highest BCUT2D eigenvalue weighted by Gasteiger charge is 2.31. The van der Waals surface area contributed by atoms with Gasteiger partial charge in [-0.15, -0.1) is 0 Å². The van der Waals surface area contributed by atoms with Crippen LogP contribution >= 0.6 is 0 Å². The predicted molar refractivity (Wildman–Crippen MR) is 119 cm³/mol. The molecule has 10 nitrogen and oxygen atoms in total. The van der Waals surface area contributed by atoms with E-state index in [4.69, 9.17) is 14.2 Å². The summed E-state index contributed by atoms with van der Waals surface area (Å²) in [5.74, 6) is 0.589. The first-order valence-electron chi connectivity index (χ1n) is 10.4. The highest BCUT2D eigenvalue weighted by Crippen LogP contribution is 2.31. The molecule has 0 atom stereocenters. The number of hydrogen-bond acceptors (Lipinski definition) is 7. The molecule has 0 saturated carbocycles. The molecular formula is C22H25N3O7S. The van der Waals surface area contributed by atoms with Gasteiger partial charge in [0.1, 0.15) is 6.61 Å². The molecule has 0 aliphatic carbocycles. The number of anilines is 1. The number of carbonyl (C=O) groups excluding carboxylic acids is 2. The maximum Gasteiger partial charge on any atom is 0.414 e. The molecule has 11 heteroatoms. The van der Waals surface area contributed by atoms with Crippen molar-refractivity contribution in [3.63, 3.8) is 0 Å². The Balaban J connectivity index is 1.41. The van der Waals surface area contributed by atoms with Crippen molar-refractivity contribution in [2.75, 3.05) is 58.5 Å². The van der Waals surface area contributed by atoms with Gasteiger partial charge in [-0.3, -0.25) is 9.69 Å². The summed E-state index contributed by atoms with van der Waals surface area (Å²) in [6, 6.07) is 11.2. The van der Waals surface area contributed by atoms with E-state index in [0.717, 1.165) is 0 Å². The van der Waals surface area contributed by atoms with Crippen molar-refractivity contribution in [2.24, 2.45) is 0 Å². The first-order valence-corrected chi connectivity index (χ1v) is 11.8. The third-order valence-electron chi connectivity index (χ3n) is 5.71. The minimum Gasteiger partial charge on any atom is -0.493 e. The molecule has 0 bridgehead atoms. The number of piperazine rings is 1. The monoisotopic (exact) mass is 475 g/mol. The lowest BCUT2D eigenvalue weighted by molar-refractivity contribution is 0.0698. The molecule has 2 aromatic carbocycles. The van der Waals surface area contributed by atoms with Crippen molar-refractivity contribution in [1.29, 1.82) is 0 Å². The van der Waals surface area contributed by atoms with Crippen LogP contribution in [0.3, 0.4) is 0 Å². The van der Waals surface area contributed by atoms with E-state index in [1.165, 1.54) is 35.6 Å². The molecule has 0 unspecified atom stereocenters. The van der Waals surface area contributed by atoms with Crippen molar-refractivity contribution in [2.45, 2.75) is 4.90 Å². The zero-order valence-corrected chi connectivity index (χ0v) is 19.2. The Kier molecular flexibility index (Phi) is 6.43. The molecular weight excluding hydrogens is 450 g/mol. The molecule has 0 aromatic heterocycles. The van der Waals surface area contributed by atoms with Gasteiger partial charge in [0.15, 0.2) is 11.5 Å². The van der Waals surface area contributed by atoms with Gasteiger partial charge >= 0.3 is 6.09 Å². The summed E-state index contributed by atoms with van der Waals surface area (Å²) >= 11 is 0. The molecule has 2 saturated heterocycles. The maximum atomic E-state index is 13.1. The van der Waals surface area contributed by atoms with Gasteiger partial charge in [0.05, 0.1) is 25.7 Å². The first kappa shape index (κ1) is 22.9. The summed E-state index contributed by atoms with van der Waals surface area (Å²) in [7, 11) is -0.815. The molecule has 0 spiro atoms. The fourth-order valence-corrected chi connectivity index (χ4v) is 5.29. The molecule has 2 aromatic rings. The summed E-state index contributed by atoms with van der Waals surface area (Å²) < 4.78 is 42.8. The topological polar surface area (TPSA) is 106 Å². The highest BCUT2D eigenvalue weighted by molar-refractivity contribution is 7.89. The average molecular weight is 476 g/mol. The molecule has 2 heterocycles. The molecule has 4 rings (SSSR count). The maximum absolute atomic E-state index is 13.1. The van der Waals surface area contributed by atoms with Crippen LogP contribution in [0.1, 0.15) is 10.4 Å². The lowest BCUT2D eigenvalue weighted by atomic mass is 10.1. The summed E-state index contributed by atoms with van der Waals surface area (Å²) in [6.07, 6.45) is -0.402. The third-order valence-corrected chi connectivity index (χ3v) is 7.60.